The molecule has 129 heavy (non-hydrogen) atoms. The zero-order valence-corrected chi connectivity index (χ0v) is 77.5. The zero-order chi connectivity index (χ0) is 92.8. The van der Waals surface area contributed by atoms with Gasteiger partial charge in [0.15, 0.2) is 0 Å². The van der Waals surface area contributed by atoms with E-state index in [2.05, 4.69) is 165 Å². The van der Waals surface area contributed by atoms with Gasteiger partial charge in [0, 0.05) is 125 Å². The highest BCUT2D eigenvalue weighted by molar-refractivity contribution is 5.86. The monoisotopic (exact) mass is 1730 g/mol. The molecule has 3 unspecified atom stereocenters. The summed E-state index contributed by atoms with van der Waals surface area (Å²) in [4.78, 5) is 98.3. The molecule has 0 saturated carbocycles. The van der Waals surface area contributed by atoms with Crippen LogP contribution in [-0.2, 0) is 99.5 Å². The molecule has 0 bridgehead atoms. The van der Waals surface area contributed by atoms with Gasteiger partial charge in [-0.2, -0.15) is 0 Å². The lowest BCUT2D eigenvalue weighted by atomic mass is 9.91. The maximum absolute atomic E-state index is 12.5. The number of nitrogens with zero attached hydrogens (tertiary/aromatic N) is 6. The molecule has 676 valence electrons. The highest BCUT2D eigenvalue weighted by Gasteiger charge is 2.25. The Kier molecular flexibility index (Phi) is 44.0. The number of para-hydroxylation sites is 1. The van der Waals surface area contributed by atoms with E-state index in [9.17, 15) is 28.8 Å². The lowest BCUT2D eigenvalue weighted by Gasteiger charge is -2.25. The van der Waals surface area contributed by atoms with Gasteiger partial charge in [-0.05, 0) is 213 Å². The topological polar surface area (TPSA) is 305 Å². The fraction of sp³-hybridized carbons (Fsp3) is 0.351. The number of hydrogen-bond donors (Lipinski definition) is 5. The molecule has 13 rings (SSSR count). The smallest absolute Gasteiger partial charge is 0.311 e. The summed E-state index contributed by atoms with van der Waals surface area (Å²) >= 11 is 0. The summed E-state index contributed by atoms with van der Waals surface area (Å²) in [5.41, 5.74) is 44.9. The van der Waals surface area contributed by atoms with Crippen LogP contribution in [-0.4, -0.2) is 89.0 Å². The molecule has 18 heteroatoms. The Hall–Kier alpha value is -12.2. The summed E-state index contributed by atoms with van der Waals surface area (Å²) in [7, 11) is 0. The normalized spacial score (nSPS) is 12.9. The van der Waals surface area contributed by atoms with E-state index in [0.29, 0.717) is 131 Å². The zero-order valence-electron chi connectivity index (χ0n) is 77.5. The summed E-state index contributed by atoms with van der Waals surface area (Å²) in [6.45, 7) is 24.2. The molecule has 1 aliphatic rings. The van der Waals surface area contributed by atoms with E-state index < -0.39 is 18.1 Å². The molecule has 9 N–H and O–H groups in total. The van der Waals surface area contributed by atoms with Crippen molar-refractivity contribution in [2.45, 2.75) is 252 Å². The van der Waals surface area contributed by atoms with Crippen LogP contribution in [0.2, 0.25) is 0 Å². The summed E-state index contributed by atoms with van der Waals surface area (Å²) in [5.74, 6) is 3.46. The average Bonchev–Trinajstić information content (AvgIpc) is 0.822. The molecular formula is C111H135N11O7. The van der Waals surface area contributed by atoms with Crippen LogP contribution in [0.4, 0.5) is 0 Å². The molecule has 12 aromatic rings. The van der Waals surface area contributed by atoms with Gasteiger partial charge in [0.2, 0.25) is 0 Å². The first-order valence-electron chi connectivity index (χ1n) is 45.6. The number of Topliss-reactive ketones (excluding diaryl/α,β-unsaturated/α-hetero) is 5. The van der Waals surface area contributed by atoms with Crippen LogP contribution in [0.1, 0.15) is 250 Å². The SMILES string of the molecule is CC(C)c1cncc(CCC(=O)C2Cc3ccccc3CN2)c1.CC(C)c1cncc(CCC(=O)CC(N)c2ccccc2)c1.CC(C)c1cncc(CCC(=O)Oc2ccccc2)c1.CC(C)c1cncc(CCC(=O)[C@@H](N)Cc2ccccc2)c1.CC(C)c1cncc(CCC(=O)[C@H](N)Cc2ccccc2)c1.Cc1cncc(CCC(=O)C(N)Cc2ccccc2)c1. The molecule has 18 nitrogen and oxygen atoms in total. The third-order valence-electron chi connectivity index (χ3n) is 22.6. The second kappa shape index (κ2) is 55.5. The number of hydrogen-bond acceptors (Lipinski definition) is 18. The second-order valence-electron chi connectivity index (χ2n) is 35.0. The quantitative estimate of drug-likeness (QED) is 0.0178. The van der Waals surface area contributed by atoms with Crippen LogP contribution in [0.5, 0.6) is 5.75 Å². The number of esters is 1. The van der Waals surface area contributed by atoms with Gasteiger partial charge in [-0.15, -0.1) is 0 Å². The summed E-state index contributed by atoms with van der Waals surface area (Å²) in [6, 6.07) is 68.2. The Labute approximate surface area is 766 Å². The molecule has 0 spiro atoms. The van der Waals surface area contributed by atoms with E-state index in [1.165, 1.54) is 38.9 Å². The maximum Gasteiger partial charge on any atom is 0.311 e. The number of aromatic nitrogens is 6. The Morgan fingerprint density at radius 1 is 0.333 bits per heavy atom. The van der Waals surface area contributed by atoms with Gasteiger partial charge in [-0.1, -0.05) is 269 Å². The van der Waals surface area contributed by atoms with Crippen molar-refractivity contribution in [2.24, 2.45) is 22.9 Å². The molecule has 0 aliphatic carbocycles. The van der Waals surface area contributed by atoms with Crippen molar-refractivity contribution in [1.29, 1.82) is 0 Å². The molecule has 0 saturated heterocycles. The van der Waals surface area contributed by atoms with Gasteiger partial charge in [0.1, 0.15) is 34.7 Å². The number of nitrogens with one attached hydrogen (secondary N) is 1. The van der Waals surface area contributed by atoms with Crippen molar-refractivity contribution in [1.82, 2.24) is 35.2 Å². The van der Waals surface area contributed by atoms with Gasteiger partial charge in [-0.3, -0.25) is 58.7 Å². The fourth-order valence-electron chi connectivity index (χ4n) is 14.3. The number of ketones is 5. The van der Waals surface area contributed by atoms with Crippen molar-refractivity contribution < 1.29 is 33.5 Å². The standard InChI is InChI=1S/C20H24N2O.3C19H24N2O.C17H20N2O.C17H19NO2/c1-14(2)18-9-15(11-21-12-18)7-8-20(23)19-10-16-5-3-4-6-17(16)13-22-19;1-14(2)17-10-15(12-21-13-17)8-9-18(22)11-19(20)16-6-4-3-5-7-16;2*1-14(2)17-10-16(12-21-13-17)8-9-19(22)18(20)11-15-6-4-3-5-7-15;1-13-9-15(12-19-11-13)7-8-17(20)16(18)10-14-5-3-2-4-6-14;1-13(2)15-10-14(11-18-12-15)8-9-17(19)20-16-6-4-3-5-7-16/h3-6,9,11-12,14,19,22H,7-8,10,13H2,1-2H3;3-7,10,12-14,19H,8-9,11,20H2,1-2H3;2*3-7,10,12-14,18H,8-9,11,20H2,1-2H3;2-6,9,11-12,16H,7-8,10,18H2,1H3;3-7,10-13H,8-9H2,1-2H3/t;;2*18-;;/m..10../s1. The van der Waals surface area contributed by atoms with Crippen LogP contribution in [0.25, 0.3) is 0 Å². The molecule has 6 aromatic heterocycles. The molecule has 0 fully saturated rings. The van der Waals surface area contributed by atoms with Crippen molar-refractivity contribution in [3.63, 3.8) is 0 Å². The van der Waals surface area contributed by atoms with E-state index in [0.717, 1.165) is 87.0 Å². The maximum atomic E-state index is 12.5. The number of nitrogens with two attached hydrogens (primary N) is 4. The van der Waals surface area contributed by atoms with Crippen LogP contribution < -0.4 is 33.0 Å². The number of benzene rings is 6. The first-order valence-corrected chi connectivity index (χ1v) is 45.6. The minimum Gasteiger partial charge on any atom is -0.427 e. The molecule has 5 atom stereocenters. The first kappa shape index (κ1) is 102. The highest BCUT2D eigenvalue weighted by Crippen LogP contribution is 2.25. The van der Waals surface area contributed by atoms with Crippen LogP contribution in [0, 0.1) is 6.92 Å². The molecule has 1 aliphatic heterocycles. The van der Waals surface area contributed by atoms with Crippen LogP contribution in [0.3, 0.4) is 0 Å². The van der Waals surface area contributed by atoms with Gasteiger partial charge < -0.3 is 33.0 Å². The van der Waals surface area contributed by atoms with Gasteiger partial charge in [0.05, 0.1) is 30.6 Å². The summed E-state index contributed by atoms with van der Waals surface area (Å²) < 4.78 is 5.25. The Morgan fingerprint density at radius 2 is 0.636 bits per heavy atom. The Bertz CT molecular complexity index is 5250. The predicted octanol–water partition coefficient (Wildman–Crippen LogP) is 20.0. The number of ether oxygens (including phenoxy) is 1. The molecule has 6 aromatic carbocycles. The first-order chi connectivity index (χ1) is 62.1. The van der Waals surface area contributed by atoms with Crippen molar-refractivity contribution in [2.75, 3.05) is 0 Å². The molecule has 0 radical (unpaired) electrons. The Balaban J connectivity index is 0.000000191. The van der Waals surface area contributed by atoms with E-state index in [1.807, 2.05) is 221 Å². The summed E-state index contributed by atoms with van der Waals surface area (Å²) in [6.07, 6.45) is 32.4. The van der Waals surface area contributed by atoms with Crippen molar-refractivity contribution >= 4 is 34.9 Å². The number of carbonyl (C=O) groups excluding carboxylic acids is 6. The highest BCUT2D eigenvalue weighted by atomic mass is 16.5. The van der Waals surface area contributed by atoms with Gasteiger partial charge >= 0.3 is 5.97 Å². The molecular weight excluding hydrogens is 1600 g/mol. The van der Waals surface area contributed by atoms with E-state index in [4.69, 9.17) is 27.7 Å². The average molecular weight is 1740 g/mol. The third kappa shape index (κ3) is 38.4. The number of fused-ring (bicyclic) bond motifs is 1. The summed E-state index contributed by atoms with van der Waals surface area (Å²) in [5, 5.41) is 3.38. The minimum absolute atomic E-state index is 0.0499. The van der Waals surface area contributed by atoms with Crippen LogP contribution >= 0.6 is 0 Å². The van der Waals surface area contributed by atoms with Gasteiger partial charge in [0.25, 0.3) is 0 Å². The minimum atomic E-state index is -0.427. The Morgan fingerprint density at radius 3 is 0.992 bits per heavy atom. The fourth-order valence-corrected chi connectivity index (χ4v) is 14.3. The lowest BCUT2D eigenvalue weighted by molar-refractivity contribution is -0.134. The molecule has 0 amide bonds. The third-order valence-corrected chi connectivity index (χ3v) is 22.6. The largest absolute Gasteiger partial charge is 0.427 e. The van der Waals surface area contributed by atoms with E-state index >= 15 is 0 Å². The number of aryl methyl sites for hydroxylation is 7. The number of rotatable bonds is 37. The number of pyridine rings is 6. The predicted molar refractivity (Wildman–Crippen MR) is 521 cm³/mol. The van der Waals surface area contributed by atoms with Crippen molar-refractivity contribution in [3.05, 3.63) is 387 Å². The van der Waals surface area contributed by atoms with Crippen LogP contribution in [0.15, 0.2) is 287 Å². The second-order valence-corrected chi connectivity index (χ2v) is 35.0. The van der Waals surface area contributed by atoms with E-state index in [1.54, 1.807) is 12.1 Å². The molecule has 7 heterocycles. The van der Waals surface area contributed by atoms with Gasteiger partial charge in [-0.25, -0.2) is 0 Å². The van der Waals surface area contributed by atoms with E-state index in [-0.39, 0.29) is 41.2 Å². The van der Waals surface area contributed by atoms with Crippen molar-refractivity contribution in [3.8, 4) is 5.75 Å². The number of carbonyl (C=O) groups is 6. The lowest BCUT2D eigenvalue weighted by Crippen LogP contribution is -2.41.